The van der Waals surface area contributed by atoms with E-state index in [0.717, 1.165) is 6.54 Å². The lowest BCUT2D eigenvalue weighted by Gasteiger charge is -2.28. The molecule has 1 aromatic rings. The van der Waals surface area contributed by atoms with Gasteiger partial charge in [-0.3, -0.25) is 4.99 Å². The van der Waals surface area contributed by atoms with Crippen LogP contribution in [0.15, 0.2) is 26.7 Å². The van der Waals surface area contributed by atoms with Gasteiger partial charge in [0, 0.05) is 26.7 Å². The highest BCUT2D eigenvalue weighted by molar-refractivity contribution is 14.0. The maximum atomic E-state index is 12.0. The standard InChI is InChI=1S/C16H30N4O3S2.HI/c1-6-17-15(19-12-13(23-5)16(2,3)4)18-9-10-20-25(21,22)14-8-7-11-24-14;/h7-8,11,13,20H,6,9-10,12H2,1-5H3,(H2,17,18,19);1H. The number of rotatable bonds is 9. The molecular formula is C16H31IN4O3S2. The van der Waals surface area contributed by atoms with Crippen LogP contribution in [-0.2, 0) is 14.8 Å². The van der Waals surface area contributed by atoms with Gasteiger partial charge in [-0.1, -0.05) is 26.8 Å². The molecule has 0 radical (unpaired) electrons. The number of aliphatic imine (C=N–C) groups is 1. The lowest BCUT2D eigenvalue weighted by molar-refractivity contribution is 0.0241. The van der Waals surface area contributed by atoms with Gasteiger partial charge in [0.1, 0.15) is 4.21 Å². The zero-order valence-electron chi connectivity index (χ0n) is 16.0. The van der Waals surface area contributed by atoms with Crippen LogP contribution in [0.1, 0.15) is 27.7 Å². The molecule has 26 heavy (non-hydrogen) atoms. The van der Waals surface area contributed by atoms with Crippen LogP contribution in [0, 0.1) is 5.41 Å². The Hall–Kier alpha value is -0.430. The largest absolute Gasteiger partial charge is 0.379 e. The van der Waals surface area contributed by atoms with Gasteiger partial charge in [-0.15, -0.1) is 35.3 Å². The normalized spacial score (nSPS) is 13.8. The van der Waals surface area contributed by atoms with Crippen LogP contribution < -0.4 is 15.4 Å². The maximum Gasteiger partial charge on any atom is 0.250 e. The number of hydrogen-bond acceptors (Lipinski definition) is 5. The number of hydrogen-bond donors (Lipinski definition) is 3. The first-order chi connectivity index (χ1) is 11.7. The Morgan fingerprint density at radius 2 is 2.00 bits per heavy atom. The van der Waals surface area contributed by atoms with E-state index in [1.54, 1.807) is 24.6 Å². The zero-order chi connectivity index (χ0) is 18.9. The summed E-state index contributed by atoms with van der Waals surface area (Å²) < 4.78 is 32.5. The van der Waals surface area contributed by atoms with Crippen molar-refractivity contribution >= 4 is 51.3 Å². The van der Waals surface area contributed by atoms with E-state index in [1.807, 2.05) is 6.92 Å². The quantitative estimate of drug-likeness (QED) is 0.202. The van der Waals surface area contributed by atoms with Gasteiger partial charge in [-0.2, -0.15) is 0 Å². The number of nitrogens with one attached hydrogen (secondary N) is 3. The second kappa shape index (κ2) is 12.1. The summed E-state index contributed by atoms with van der Waals surface area (Å²) in [6.07, 6.45) is 0.000266. The predicted octanol–water partition coefficient (Wildman–Crippen LogP) is 2.26. The van der Waals surface area contributed by atoms with Gasteiger partial charge < -0.3 is 15.4 Å². The molecular weight excluding hydrogens is 487 g/mol. The predicted molar refractivity (Wildman–Crippen MR) is 119 cm³/mol. The van der Waals surface area contributed by atoms with Gasteiger partial charge in [0.15, 0.2) is 5.96 Å². The second-order valence-electron chi connectivity index (χ2n) is 6.57. The Morgan fingerprint density at radius 3 is 2.50 bits per heavy atom. The molecule has 0 aliphatic heterocycles. The summed E-state index contributed by atoms with van der Waals surface area (Å²) in [5.74, 6) is 0.643. The molecule has 0 aliphatic rings. The molecule has 1 rings (SSSR count). The van der Waals surface area contributed by atoms with E-state index in [2.05, 4.69) is 41.1 Å². The highest BCUT2D eigenvalue weighted by atomic mass is 127. The number of ether oxygens (including phenoxy) is 1. The van der Waals surface area contributed by atoms with E-state index in [0.29, 0.717) is 23.3 Å². The smallest absolute Gasteiger partial charge is 0.250 e. The summed E-state index contributed by atoms with van der Waals surface area (Å²) in [5, 5.41) is 8.02. The Bertz CT molecular complexity index is 628. The second-order valence-corrected chi connectivity index (χ2v) is 9.51. The molecule has 0 saturated heterocycles. The van der Waals surface area contributed by atoms with Gasteiger partial charge >= 0.3 is 0 Å². The molecule has 7 nitrogen and oxygen atoms in total. The number of methoxy groups -OCH3 is 1. The van der Waals surface area contributed by atoms with Crippen molar-refractivity contribution < 1.29 is 13.2 Å². The first-order valence-corrected chi connectivity index (χ1v) is 10.6. The lowest BCUT2D eigenvalue weighted by Crippen LogP contribution is -2.42. The summed E-state index contributed by atoms with van der Waals surface area (Å²) >= 11 is 1.20. The fraction of sp³-hybridized carbons (Fsp3) is 0.688. The number of sulfonamides is 1. The first kappa shape index (κ1) is 25.6. The van der Waals surface area contributed by atoms with E-state index >= 15 is 0 Å². The minimum absolute atomic E-state index is 0. The SMILES string of the molecule is CCNC(=NCC(OC)C(C)(C)C)NCCNS(=O)(=O)c1cccs1.I. The molecule has 1 unspecified atom stereocenters. The Kier molecular flexibility index (Phi) is 11.9. The summed E-state index contributed by atoms with van der Waals surface area (Å²) in [5.41, 5.74) is -0.00802. The molecule has 0 fully saturated rings. The molecule has 0 spiro atoms. The topological polar surface area (TPSA) is 91.8 Å². The van der Waals surface area contributed by atoms with Crippen molar-refractivity contribution in [2.24, 2.45) is 10.4 Å². The van der Waals surface area contributed by atoms with Crippen LogP contribution in [-0.4, -0.2) is 53.8 Å². The lowest BCUT2D eigenvalue weighted by atomic mass is 9.89. The van der Waals surface area contributed by atoms with Crippen LogP contribution in [0.4, 0.5) is 0 Å². The summed E-state index contributed by atoms with van der Waals surface area (Å²) in [7, 11) is -1.74. The highest BCUT2D eigenvalue weighted by Gasteiger charge is 2.24. The van der Waals surface area contributed by atoms with Gasteiger partial charge in [0.05, 0.1) is 12.6 Å². The average Bonchev–Trinajstić information content (AvgIpc) is 3.06. The molecule has 0 amide bonds. The highest BCUT2D eigenvalue weighted by Crippen LogP contribution is 2.21. The minimum atomic E-state index is -3.43. The zero-order valence-corrected chi connectivity index (χ0v) is 20.0. The molecule has 0 aliphatic carbocycles. The van der Waals surface area contributed by atoms with Crippen molar-refractivity contribution in [2.45, 2.75) is 38.0 Å². The van der Waals surface area contributed by atoms with Crippen LogP contribution >= 0.6 is 35.3 Å². The molecule has 1 atom stereocenters. The van der Waals surface area contributed by atoms with Crippen LogP contribution in [0.5, 0.6) is 0 Å². The molecule has 3 N–H and O–H groups in total. The Morgan fingerprint density at radius 1 is 1.31 bits per heavy atom. The van der Waals surface area contributed by atoms with E-state index in [4.69, 9.17) is 4.74 Å². The van der Waals surface area contributed by atoms with E-state index < -0.39 is 10.0 Å². The molecule has 0 saturated carbocycles. The maximum absolute atomic E-state index is 12.0. The molecule has 1 heterocycles. The van der Waals surface area contributed by atoms with Crippen molar-refractivity contribution in [1.29, 1.82) is 0 Å². The third-order valence-corrected chi connectivity index (χ3v) is 6.34. The fourth-order valence-corrected chi connectivity index (χ4v) is 4.14. The molecule has 10 heteroatoms. The van der Waals surface area contributed by atoms with Crippen LogP contribution in [0.25, 0.3) is 0 Å². The van der Waals surface area contributed by atoms with Crippen molar-refractivity contribution in [3.05, 3.63) is 17.5 Å². The number of halogens is 1. The van der Waals surface area contributed by atoms with Gasteiger partial charge in [0.2, 0.25) is 10.0 Å². The van der Waals surface area contributed by atoms with E-state index in [1.165, 1.54) is 11.3 Å². The number of thiophene rings is 1. The monoisotopic (exact) mass is 518 g/mol. The van der Waals surface area contributed by atoms with Crippen molar-refractivity contribution in [1.82, 2.24) is 15.4 Å². The third-order valence-electron chi connectivity index (χ3n) is 3.48. The minimum Gasteiger partial charge on any atom is -0.379 e. The van der Waals surface area contributed by atoms with Gasteiger partial charge in [0.25, 0.3) is 0 Å². The first-order valence-electron chi connectivity index (χ1n) is 8.29. The van der Waals surface area contributed by atoms with Crippen LogP contribution in [0.2, 0.25) is 0 Å². The Labute approximate surface area is 178 Å². The van der Waals surface area contributed by atoms with Crippen molar-refractivity contribution in [2.75, 3.05) is 33.3 Å². The van der Waals surface area contributed by atoms with Gasteiger partial charge in [-0.05, 0) is 23.8 Å². The molecule has 0 bridgehead atoms. The van der Waals surface area contributed by atoms with Crippen LogP contribution in [0.3, 0.4) is 0 Å². The van der Waals surface area contributed by atoms with E-state index in [9.17, 15) is 8.42 Å². The summed E-state index contributed by atoms with van der Waals surface area (Å²) in [4.78, 5) is 4.53. The van der Waals surface area contributed by atoms with Crippen molar-refractivity contribution in [3.8, 4) is 0 Å². The number of nitrogens with zero attached hydrogens (tertiary/aromatic N) is 1. The third kappa shape index (κ3) is 8.98. The average molecular weight is 518 g/mol. The molecule has 0 aromatic carbocycles. The summed E-state index contributed by atoms with van der Waals surface area (Å²) in [6, 6.07) is 3.30. The Balaban J connectivity index is 0.00000625. The molecule has 152 valence electrons. The van der Waals surface area contributed by atoms with Crippen molar-refractivity contribution in [3.63, 3.8) is 0 Å². The van der Waals surface area contributed by atoms with Gasteiger partial charge in [-0.25, -0.2) is 13.1 Å². The fourth-order valence-electron chi connectivity index (χ4n) is 2.07. The summed E-state index contributed by atoms with van der Waals surface area (Å²) in [6.45, 7) is 10.3. The number of guanidine groups is 1. The van der Waals surface area contributed by atoms with E-state index in [-0.39, 0.29) is 42.0 Å². The molecule has 1 aromatic heterocycles.